The molecule has 0 aliphatic rings. The molecule has 1 amide bonds. The number of aromatic nitrogens is 1. The number of benzene rings is 2. The van der Waals surface area contributed by atoms with Crippen LogP contribution in [0.4, 0.5) is 0 Å². The van der Waals surface area contributed by atoms with Crippen molar-refractivity contribution in [3.05, 3.63) is 91.0 Å². The highest BCUT2D eigenvalue weighted by atomic mass is 16.3. The molecule has 0 N–H and O–H groups in total. The predicted molar refractivity (Wildman–Crippen MR) is 93.3 cm³/mol. The fourth-order valence-electron chi connectivity index (χ4n) is 2.50. The highest BCUT2D eigenvalue weighted by molar-refractivity contribution is 5.94. The Morgan fingerprint density at radius 3 is 2.50 bits per heavy atom. The molecule has 0 saturated carbocycles. The number of carbonyl (C=O) groups is 1. The van der Waals surface area contributed by atoms with Crippen molar-refractivity contribution < 1.29 is 9.21 Å². The lowest BCUT2D eigenvalue weighted by molar-refractivity contribution is 0.0762. The van der Waals surface area contributed by atoms with Crippen molar-refractivity contribution in [1.82, 2.24) is 9.88 Å². The molecule has 0 atom stereocenters. The Bertz CT molecular complexity index is 793. The van der Waals surface area contributed by atoms with Crippen molar-refractivity contribution >= 4 is 5.91 Å². The van der Waals surface area contributed by atoms with Crippen LogP contribution in [-0.4, -0.2) is 22.3 Å². The molecule has 4 nitrogen and oxygen atoms in total. The SMILES string of the molecule is C=CCN(Cc1ccccc1)C(=O)c1ccc(-c2cnco2)cc1. The monoisotopic (exact) mass is 318 g/mol. The van der Waals surface area contributed by atoms with Gasteiger partial charge in [0.2, 0.25) is 0 Å². The van der Waals surface area contributed by atoms with E-state index in [1.807, 2.05) is 42.5 Å². The van der Waals surface area contributed by atoms with Crippen LogP contribution < -0.4 is 0 Å². The molecule has 0 fully saturated rings. The summed E-state index contributed by atoms with van der Waals surface area (Å²) < 4.78 is 5.27. The minimum absolute atomic E-state index is 0.0251. The van der Waals surface area contributed by atoms with Crippen LogP contribution in [0.1, 0.15) is 15.9 Å². The van der Waals surface area contributed by atoms with E-state index in [-0.39, 0.29) is 5.91 Å². The Morgan fingerprint density at radius 2 is 1.88 bits per heavy atom. The molecule has 3 aromatic rings. The Labute approximate surface area is 141 Å². The van der Waals surface area contributed by atoms with Gasteiger partial charge in [0.1, 0.15) is 0 Å². The summed E-state index contributed by atoms with van der Waals surface area (Å²) in [5, 5.41) is 0. The van der Waals surface area contributed by atoms with Crippen molar-refractivity contribution in [2.24, 2.45) is 0 Å². The molecule has 0 spiro atoms. The molecule has 0 radical (unpaired) electrons. The van der Waals surface area contributed by atoms with Gasteiger partial charge in [-0.3, -0.25) is 4.79 Å². The molecule has 120 valence electrons. The molecular formula is C20H18N2O2. The van der Waals surface area contributed by atoms with Gasteiger partial charge in [-0.15, -0.1) is 6.58 Å². The predicted octanol–water partition coefficient (Wildman–Crippen LogP) is 4.17. The second-order valence-corrected chi connectivity index (χ2v) is 5.40. The number of rotatable bonds is 6. The number of oxazole rings is 1. The van der Waals surface area contributed by atoms with Crippen LogP contribution in [0.5, 0.6) is 0 Å². The molecule has 0 saturated heterocycles. The molecule has 2 aromatic carbocycles. The van der Waals surface area contributed by atoms with Gasteiger partial charge in [-0.05, 0) is 17.7 Å². The highest BCUT2D eigenvalue weighted by Gasteiger charge is 2.15. The van der Waals surface area contributed by atoms with Crippen LogP contribution >= 0.6 is 0 Å². The average molecular weight is 318 g/mol. The third-order valence-electron chi connectivity index (χ3n) is 3.70. The summed E-state index contributed by atoms with van der Waals surface area (Å²) in [5.41, 5.74) is 2.62. The molecule has 1 aromatic heterocycles. The van der Waals surface area contributed by atoms with Gasteiger partial charge in [-0.25, -0.2) is 4.98 Å². The van der Waals surface area contributed by atoms with E-state index in [4.69, 9.17) is 4.42 Å². The summed E-state index contributed by atoms with van der Waals surface area (Å²) >= 11 is 0. The molecule has 0 bridgehead atoms. The van der Waals surface area contributed by atoms with Gasteiger partial charge in [0.05, 0.1) is 6.20 Å². The van der Waals surface area contributed by atoms with Gasteiger partial charge in [0.25, 0.3) is 5.91 Å². The average Bonchev–Trinajstić information content (AvgIpc) is 3.16. The van der Waals surface area contributed by atoms with E-state index in [2.05, 4.69) is 11.6 Å². The number of hydrogen-bond acceptors (Lipinski definition) is 3. The molecule has 0 unspecified atom stereocenters. The summed E-state index contributed by atoms with van der Waals surface area (Å²) in [4.78, 5) is 18.5. The zero-order valence-corrected chi connectivity index (χ0v) is 13.3. The van der Waals surface area contributed by atoms with Gasteiger partial charge in [0, 0.05) is 24.2 Å². The highest BCUT2D eigenvalue weighted by Crippen LogP contribution is 2.20. The number of hydrogen-bond donors (Lipinski definition) is 0. The van der Waals surface area contributed by atoms with E-state index in [1.165, 1.54) is 6.39 Å². The van der Waals surface area contributed by atoms with E-state index in [0.717, 1.165) is 11.1 Å². The zero-order chi connectivity index (χ0) is 16.8. The maximum Gasteiger partial charge on any atom is 0.254 e. The van der Waals surface area contributed by atoms with Crippen molar-refractivity contribution in [3.8, 4) is 11.3 Å². The molecule has 24 heavy (non-hydrogen) atoms. The number of carbonyl (C=O) groups excluding carboxylic acids is 1. The summed E-state index contributed by atoms with van der Waals surface area (Å²) in [5.74, 6) is 0.657. The van der Waals surface area contributed by atoms with E-state index in [0.29, 0.717) is 24.4 Å². The third-order valence-corrected chi connectivity index (χ3v) is 3.70. The van der Waals surface area contributed by atoms with Crippen molar-refractivity contribution in [2.45, 2.75) is 6.54 Å². The van der Waals surface area contributed by atoms with Gasteiger partial charge in [0.15, 0.2) is 12.2 Å². The summed E-state index contributed by atoms with van der Waals surface area (Å²) in [6.45, 7) is 4.80. The summed E-state index contributed by atoms with van der Waals surface area (Å²) in [6, 6.07) is 17.3. The largest absolute Gasteiger partial charge is 0.444 e. The molecule has 4 heteroatoms. The van der Waals surface area contributed by atoms with E-state index < -0.39 is 0 Å². The molecule has 0 aliphatic heterocycles. The Morgan fingerprint density at radius 1 is 1.12 bits per heavy atom. The lowest BCUT2D eigenvalue weighted by Crippen LogP contribution is -2.30. The van der Waals surface area contributed by atoms with Crippen LogP contribution in [0.25, 0.3) is 11.3 Å². The second kappa shape index (κ2) is 7.42. The second-order valence-electron chi connectivity index (χ2n) is 5.40. The van der Waals surface area contributed by atoms with Gasteiger partial charge in [-0.2, -0.15) is 0 Å². The quantitative estimate of drug-likeness (QED) is 0.641. The first-order valence-corrected chi connectivity index (χ1v) is 7.71. The van der Waals surface area contributed by atoms with Crippen LogP contribution in [0.15, 0.2) is 84.3 Å². The molecular weight excluding hydrogens is 300 g/mol. The fraction of sp³-hybridized carbons (Fsp3) is 0.100. The minimum atomic E-state index is -0.0251. The standard InChI is InChI=1S/C20H18N2O2/c1-2-12-22(14-16-6-4-3-5-7-16)20(23)18-10-8-17(9-11-18)19-13-21-15-24-19/h2-11,13,15H,1,12,14H2. The fourth-order valence-corrected chi connectivity index (χ4v) is 2.50. The van der Waals surface area contributed by atoms with E-state index >= 15 is 0 Å². The topological polar surface area (TPSA) is 46.3 Å². The van der Waals surface area contributed by atoms with Gasteiger partial charge >= 0.3 is 0 Å². The molecule has 1 heterocycles. The van der Waals surface area contributed by atoms with E-state index in [9.17, 15) is 4.79 Å². The summed E-state index contributed by atoms with van der Waals surface area (Å²) in [7, 11) is 0. The number of amides is 1. The first-order chi connectivity index (χ1) is 11.8. The maximum absolute atomic E-state index is 12.8. The number of nitrogens with zero attached hydrogens (tertiary/aromatic N) is 2. The first kappa shape index (κ1) is 15.7. The van der Waals surface area contributed by atoms with Crippen LogP contribution in [-0.2, 0) is 6.54 Å². The van der Waals surface area contributed by atoms with Gasteiger partial charge in [-0.1, -0.05) is 48.5 Å². The Balaban J connectivity index is 1.78. The minimum Gasteiger partial charge on any atom is -0.444 e. The van der Waals surface area contributed by atoms with Crippen molar-refractivity contribution in [3.63, 3.8) is 0 Å². The smallest absolute Gasteiger partial charge is 0.254 e. The Kier molecular flexibility index (Phi) is 4.87. The van der Waals surface area contributed by atoms with Crippen molar-refractivity contribution in [2.75, 3.05) is 6.54 Å². The normalized spacial score (nSPS) is 10.3. The van der Waals surface area contributed by atoms with Gasteiger partial charge < -0.3 is 9.32 Å². The Hall–Kier alpha value is -3.14. The van der Waals surface area contributed by atoms with E-state index in [1.54, 1.807) is 29.3 Å². The third kappa shape index (κ3) is 3.60. The van der Waals surface area contributed by atoms with Crippen LogP contribution in [0.3, 0.4) is 0 Å². The first-order valence-electron chi connectivity index (χ1n) is 7.71. The lowest BCUT2D eigenvalue weighted by Gasteiger charge is -2.21. The van der Waals surface area contributed by atoms with Crippen LogP contribution in [0.2, 0.25) is 0 Å². The van der Waals surface area contributed by atoms with Crippen LogP contribution in [0, 0.1) is 0 Å². The maximum atomic E-state index is 12.8. The zero-order valence-electron chi connectivity index (χ0n) is 13.3. The lowest BCUT2D eigenvalue weighted by atomic mass is 10.1. The van der Waals surface area contributed by atoms with Crippen molar-refractivity contribution in [1.29, 1.82) is 0 Å². The molecule has 3 rings (SSSR count). The summed E-state index contributed by atoms with van der Waals surface area (Å²) in [6.07, 6.45) is 4.78. The molecule has 0 aliphatic carbocycles.